The Balaban J connectivity index is 3.07. The minimum atomic E-state index is -0.507. The molecule has 0 aliphatic carbocycles. The lowest BCUT2D eigenvalue weighted by atomic mass is 9.91. The second-order valence-corrected chi connectivity index (χ2v) is 5.89. The number of halogens is 2. The molecule has 0 heterocycles. The number of hydrogen-bond donors (Lipinski definition) is 2. The summed E-state index contributed by atoms with van der Waals surface area (Å²) in [5.41, 5.74) is 0.415. The third-order valence-corrected chi connectivity index (χ3v) is 3.83. The van der Waals surface area contributed by atoms with Crippen LogP contribution in [0.2, 0.25) is 5.02 Å². The van der Waals surface area contributed by atoms with Gasteiger partial charge in [0.1, 0.15) is 0 Å². The summed E-state index contributed by atoms with van der Waals surface area (Å²) < 4.78 is 0.940. The first-order valence-electron chi connectivity index (χ1n) is 5.77. The molecule has 96 valence electrons. The Morgan fingerprint density at radius 1 is 1.53 bits per heavy atom. The van der Waals surface area contributed by atoms with Gasteiger partial charge < -0.3 is 10.4 Å². The van der Waals surface area contributed by atoms with Crippen LogP contribution in [-0.4, -0.2) is 17.8 Å². The van der Waals surface area contributed by atoms with Gasteiger partial charge in [0.2, 0.25) is 0 Å². The van der Waals surface area contributed by atoms with Crippen LogP contribution < -0.4 is 5.32 Å². The molecule has 0 saturated carbocycles. The van der Waals surface area contributed by atoms with Crippen molar-refractivity contribution in [3.8, 4) is 0 Å². The summed E-state index contributed by atoms with van der Waals surface area (Å²) in [6, 6.07) is 6.06. The number of hydrogen-bond acceptors (Lipinski definition) is 2. The first kappa shape index (κ1) is 15.0. The number of benzene rings is 1. The van der Waals surface area contributed by atoms with E-state index in [9.17, 15) is 5.11 Å². The van der Waals surface area contributed by atoms with Gasteiger partial charge in [0, 0.05) is 15.5 Å². The topological polar surface area (TPSA) is 32.3 Å². The molecule has 17 heavy (non-hydrogen) atoms. The summed E-state index contributed by atoms with van der Waals surface area (Å²) in [6.45, 7) is 6.19. The SMILES string of the molecule is CCC(C)NC(C)(CO)c1ccc(Br)cc1Cl. The fourth-order valence-electron chi connectivity index (χ4n) is 1.79. The zero-order valence-corrected chi connectivity index (χ0v) is 12.8. The Morgan fingerprint density at radius 3 is 2.65 bits per heavy atom. The van der Waals surface area contributed by atoms with E-state index in [0.29, 0.717) is 11.1 Å². The zero-order valence-electron chi connectivity index (χ0n) is 10.4. The van der Waals surface area contributed by atoms with E-state index in [-0.39, 0.29) is 6.61 Å². The first-order chi connectivity index (χ1) is 7.92. The van der Waals surface area contributed by atoms with Gasteiger partial charge in [0.25, 0.3) is 0 Å². The maximum Gasteiger partial charge on any atom is 0.0657 e. The van der Waals surface area contributed by atoms with Gasteiger partial charge in [-0.1, -0.05) is 40.5 Å². The molecule has 1 aromatic carbocycles. The van der Waals surface area contributed by atoms with Gasteiger partial charge in [-0.2, -0.15) is 0 Å². The second kappa shape index (κ2) is 6.19. The van der Waals surface area contributed by atoms with Crippen LogP contribution in [0.4, 0.5) is 0 Å². The number of aliphatic hydroxyl groups excluding tert-OH is 1. The van der Waals surface area contributed by atoms with Gasteiger partial charge >= 0.3 is 0 Å². The molecule has 2 atom stereocenters. The lowest BCUT2D eigenvalue weighted by molar-refractivity contribution is 0.162. The fraction of sp³-hybridized carbons (Fsp3) is 0.538. The van der Waals surface area contributed by atoms with Crippen LogP contribution >= 0.6 is 27.5 Å². The maximum absolute atomic E-state index is 9.64. The van der Waals surface area contributed by atoms with Gasteiger partial charge in [-0.3, -0.25) is 0 Å². The normalized spacial score (nSPS) is 16.6. The fourth-order valence-corrected chi connectivity index (χ4v) is 2.67. The highest BCUT2D eigenvalue weighted by molar-refractivity contribution is 9.10. The summed E-state index contributed by atoms with van der Waals surface area (Å²) >= 11 is 9.62. The number of nitrogens with one attached hydrogen (secondary N) is 1. The Kier molecular flexibility index (Phi) is 5.45. The molecule has 0 radical (unpaired) electrons. The predicted molar refractivity (Wildman–Crippen MR) is 76.5 cm³/mol. The standard InChI is InChI=1S/C13H19BrClNO/c1-4-9(2)16-13(3,8-17)11-6-5-10(14)7-12(11)15/h5-7,9,16-17H,4,8H2,1-3H3. The van der Waals surface area contributed by atoms with Crippen molar-refractivity contribution >= 4 is 27.5 Å². The van der Waals surface area contributed by atoms with E-state index in [4.69, 9.17) is 11.6 Å². The van der Waals surface area contributed by atoms with E-state index < -0.39 is 5.54 Å². The van der Waals surface area contributed by atoms with Crippen molar-refractivity contribution in [2.75, 3.05) is 6.61 Å². The van der Waals surface area contributed by atoms with Crippen LogP contribution in [0.3, 0.4) is 0 Å². The van der Waals surface area contributed by atoms with Crippen LogP contribution in [0.5, 0.6) is 0 Å². The van der Waals surface area contributed by atoms with Crippen LogP contribution in [0.1, 0.15) is 32.8 Å². The molecule has 0 bridgehead atoms. The van der Waals surface area contributed by atoms with Gasteiger partial charge in [-0.05, 0) is 38.0 Å². The highest BCUT2D eigenvalue weighted by atomic mass is 79.9. The average molecular weight is 321 g/mol. The molecule has 0 amide bonds. The Labute approximate surface area is 117 Å². The molecular formula is C13H19BrClNO. The van der Waals surface area contributed by atoms with Crippen molar-refractivity contribution in [2.24, 2.45) is 0 Å². The second-order valence-electron chi connectivity index (χ2n) is 4.57. The molecule has 0 aromatic heterocycles. The molecule has 2 N–H and O–H groups in total. The summed E-state index contributed by atoms with van der Waals surface area (Å²) in [4.78, 5) is 0. The number of rotatable bonds is 5. The quantitative estimate of drug-likeness (QED) is 0.867. The van der Waals surface area contributed by atoms with Crippen molar-refractivity contribution in [2.45, 2.75) is 38.8 Å². The number of aliphatic hydroxyl groups is 1. The predicted octanol–water partition coefficient (Wildman–Crippen LogP) is 3.70. The summed E-state index contributed by atoms with van der Waals surface area (Å²) in [5.74, 6) is 0. The van der Waals surface area contributed by atoms with E-state index >= 15 is 0 Å². The summed E-state index contributed by atoms with van der Waals surface area (Å²) in [6.07, 6.45) is 1.00. The van der Waals surface area contributed by atoms with Crippen LogP contribution in [0.15, 0.2) is 22.7 Å². The molecular weight excluding hydrogens is 302 g/mol. The van der Waals surface area contributed by atoms with E-state index in [0.717, 1.165) is 16.5 Å². The Morgan fingerprint density at radius 2 is 2.18 bits per heavy atom. The molecule has 1 rings (SSSR count). The maximum atomic E-state index is 9.64. The largest absolute Gasteiger partial charge is 0.394 e. The van der Waals surface area contributed by atoms with Gasteiger partial charge in [0.05, 0.1) is 12.1 Å². The molecule has 4 heteroatoms. The third-order valence-electron chi connectivity index (χ3n) is 3.02. The van der Waals surface area contributed by atoms with Gasteiger partial charge in [-0.25, -0.2) is 0 Å². The lowest BCUT2D eigenvalue weighted by Crippen LogP contribution is -2.47. The van der Waals surface area contributed by atoms with Crippen molar-refractivity contribution in [1.82, 2.24) is 5.32 Å². The monoisotopic (exact) mass is 319 g/mol. The van der Waals surface area contributed by atoms with Crippen LogP contribution in [0, 0.1) is 0 Å². The van der Waals surface area contributed by atoms with Crippen LogP contribution in [0.25, 0.3) is 0 Å². The third kappa shape index (κ3) is 3.68. The molecule has 1 aromatic rings. The van der Waals surface area contributed by atoms with Crippen molar-refractivity contribution in [3.63, 3.8) is 0 Å². The van der Waals surface area contributed by atoms with Crippen molar-refractivity contribution in [1.29, 1.82) is 0 Å². The van der Waals surface area contributed by atoms with Crippen molar-refractivity contribution in [3.05, 3.63) is 33.3 Å². The summed E-state index contributed by atoms with van der Waals surface area (Å²) in [7, 11) is 0. The average Bonchev–Trinajstić information content (AvgIpc) is 2.28. The van der Waals surface area contributed by atoms with Gasteiger partial charge in [-0.15, -0.1) is 0 Å². The van der Waals surface area contributed by atoms with Crippen LogP contribution in [-0.2, 0) is 5.54 Å². The molecule has 0 fully saturated rings. The molecule has 0 saturated heterocycles. The molecule has 0 spiro atoms. The smallest absolute Gasteiger partial charge is 0.0657 e. The molecule has 2 unspecified atom stereocenters. The van der Waals surface area contributed by atoms with E-state index in [1.807, 2.05) is 25.1 Å². The first-order valence-corrected chi connectivity index (χ1v) is 6.94. The zero-order chi connectivity index (χ0) is 13.1. The van der Waals surface area contributed by atoms with E-state index in [1.165, 1.54) is 0 Å². The van der Waals surface area contributed by atoms with Gasteiger partial charge in [0.15, 0.2) is 0 Å². The minimum Gasteiger partial charge on any atom is -0.394 e. The Hall–Kier alpha value is -0.0900. The minimum absolute atomic E-state index is 0.0126. The summed E-state index contributed by atoms with van der Waals surface area (Å²) in [5, 5.41) is 13.7. The highest BCUT2D eigenvalue weighted by Gasteiger charge is 2.29. The molecule has 2 nitrogen and oxygen atoms in total. The lowest BCUT2D eigenvalue weighted by Gasteiger charge is -2.33. The van der Waals surface area contributed by atoms with E-state index in [1.54, 1.807) is 0 Å². The Bertz CT molecular complexity index is 386. The van der Waals surface area contributed by atoms with Crippen molar-refractivity contribution < 1.29 is 5.11 Å². The molecule has 0 aliphatic heterocycles. The highest BCUT2D eigenvalue weighted by Crippen LogP contribution is 2.30. The molecule has 0 aliphatic rings. The van der Waals surface area contributed by atoms with E-state index in [2.05, 4.69) is 35.1 Å².